The molecule has 0 spiro atoms. The largest absolute Gasteiger partial charge is 0.481 e. The second kappa shape index (κ2) is 11.2. The van der Waals surface area contributed by atoms with E-state index in [0.717, 1.165) is 24.0 Å². The highest BCUT2D eigenvalue weighted by Crippen LogP contribution is 2.30. The number of carbonyl (C=O) groups is 3. The van der Waals surface area contributed by atoms with Crippen LogP contribution >= 0.6 is 23.2 Å². The molecule has 0 aromatic heterocycles. The van der Waals surface area contributed by atoms with E-state index in [1.165, 1.54) is 0 Å². The summed E-state index contributed by atoms with van der Waals surface area (Å²) in [6.45, 7) is 0.965. The van der Waals surface area contributed by atoms with Gasteiger partial charge in [-0.25, -0.2) is 9.59 Å². The molecule has 1 aliphatic heterocycles. The van der Waals surface area contributed by atoms with Crippen molar-refractivity contribution in [2.75, 3.05) is 17.2 Å². The van der Waals surface area contributed by atoms with E-state index in [2.05, 4.69) is 10.6 Å². The zero-order valence-corrected chi connectivity index (χ0v) is 20.6. The average molecular weight is 520 g/mol. The third kappa shape index (κ3) is 7.02. The molecule has 10 heteroatoms. The molecule has 0 bridgehead atoms. The van der Waals surface area contributed by atoms with Crippen molar-refractivity contribution in [2.24, 2.45) is 5.92 Å². The third-order valence-electron chi connectivity index (χ3n) is 6.38. The van der Waals surface area contributed by atoms with Gasteiger partial charge in [0.1, 0.15) is 6.10 Å². The number of anilines is 2. The first kappa shape index (κ1) is 25.1. The lowest BCUT2D eigenvalue weighted by molar-refractivity contribution is -0.138. The maximum absolute atomic E-state index is 12.7. The molecule has 1 aliphatic carbocycles. The maximum atomic E-state index is 12.7. The van der Waals surface area contributed by atoms with Crippen LogP contribution in [-0.4, -0.2) is 40.7 Å². The Hall–Kier alpha value is -2.97. The van der Waals surface area contributed by atoms with Gasteiger partial charge in [-0.3, -0.25) is 4.79 Å². The van der Waals surface area contributed by atoms with E-state index >= 15 is 0 Å². The van der Waals surface area contributed by atoms with Crippen molar-refractivity contribution in [2.45, 2.75) is 51.2 Å². The average Bonchev–Trinajstić information content (AvgIpc) is 2.79. The van der Waals surface area contributed by atoms with E-state index in [9.17, 15) is 14.4 Å². The second-order valence-electron chi connectivity index (χ2n) is 9.02. The van der Waals surface area contributed by atoms with E-state index in [1.807, 2.05) is 12.1 Å². The van der Waals surface area contributed by atoms with Crippen LogP contribution in [0.3, 0.4) is 0 Å². The number of hydrogen-bond donors (Lipinski definition) is 3. The summed E-state index contributed by atoms with van der Waals surface area (Å²) in [6.07, 6.45) is 3.27. The quantitative estimate of drug-likeness (QED) is 0.437. The zero-order valence-electron chi connectivity index (χ0n) is 19.1. The van der Waals surface area contributed by atoms with Gasteiger partial charge in [0.25, 0.3) is 0 Å². The number of ether oxygens (including phenoxy) is 1. The highest BCUT2D eigenvalue weighted by atomic mass is 35.5. The molecule has 0 radical (unpaired) electrons. The van der Waals surface area contributed by atoms with E-state index in [4.69, 9.17) is 33.0 Å². The molecule has 0 saturated heterocycles. The van der Waals surface area contributed by atoms with Gasteiger partial charge in [0.15, 0.2) is 0 Å². The van der Waals surface area contributed by atoms with Gasteiger partial charge in [-0.1, -0.05) is 29.3 Å². The SMILES string of the molecule is O=C(O)CC1CCC(OC(=O)N2CCc3cc(NC(=O)Nc4cc(Cl)cc(Cl)c4)ccc3C2)CC1. The van der Waals surface area contributed by atoms with E-state index < -0.39 is 12.0 Å². The van der Waals surface area contributed by atoms with Crippen molar-refractivity contribution in [3.8, 4) is 0 Å². The molecular formula is C25H27Cl2N3O5. The van der Waals surface area contributed by atoms with Crippen molar-refractivity contribution in [3.63, 3.8) is 0 Å². The maximum Gasteiger partial charge on any atom is 0.410 e. The Bertz CT molecular complexity index is 1100. The van der Waals surface area contributed by atoms with Crippen LogP contribution in [0.15, 0.2) is 36.4 Å². The summed E-state index contributed by atoms with van der Waals surface area (Å²) in [5.41, 5.74) is 3.20. The predicted molar refractivity (Wildman–Crippen MR) is 134 cm³/mol. The Morgan fingerprint density at radius 1 is 0.943 bits per heavy atom. The number of hydrogen-bond acceptors (Lipinski definition) is 4. The summed E-state index contributed by atoms with van der Waals surface area (Å²) in [7, 11) is 0. The van der Waals surface area contributed by atoms with E-state index in [-0.39, 0.29) is 24.5 Å². The van der Waals surface area contributed by atoms with Gasteiger partial charge < -0.3 is 25.4 Å². The molecule has 2 aromatic rings. The normalized spacial score (nSPS) is 19.4. The first-order chi connectivity index (χ1) is 16.7. The van der Waals surface area contributed by atoms with Gasteiger partial charge in [0.05, 0.1) is 0 Å². The van der Waals surface area contributed by atoms with E-state index in [0.29, 0.717) is 53.8 Å². The number of nitrogens with one attached hydrogen (secondary N) is 2. The molecule has 1 fully saturated rings. The number of amides is 3. The van der Waals surface area contributed by atoms with Gasteiger partial charge in [0, 0.05) is 40.9 Å². The minimum absolute atomic E-state index is 0.159. The van der Waals surface area contributed by atoms with Gasteiger partial charge in [0.2, 0.25) is 0 Å². The van der Waals surface area contributed by atoms with Crippen molar-refractivity contribution in [1.29, 1.82) is 0 Å². The number of fused-ring (bicyclic) bond motifs is 1. The fourth-order valence-corrected chi connectivity index (χ4v) is 5.15. The Labute approximate surface area is 213 Å². The van der Waals surface area contributed by atoms with Crippen LogP contribution in [0.2, 0.25) is 10.0 Å². The lowest BCUT2D eigenvalue weighted by Gasteiger charge is -2.32. The molecule has 4 rings (SSSR count). The lowest BCUT2D eigenvalue weighted by atomic mass is 9.85. The number of halogens is 2. The van der Waals surface area contributed by atoms with Crippen molar-refractivity contribution in [1.82, 2.24) is 4.90 Å². The number of benzene rings is 2. The van der Waals surface area contributed by atoms with Crippen LogP contribution in [0.4, 0.5) is 21.0 Å². The number of carboxylic acids is 1. The molecule has 2 aliphatic rings. The Morgan fingerprint density at radius 2 is 1.63 bits per heavy atom. The number of urea groups is 1. The van der Waals surface area contributed by atoms with Gasteiger partial charge in [-0.2, -0.15) is 0 Å². The number of nitrogens with zero attached hydrogens (tertiary/aromatic N) is 1. The number of carboxylic acid groups (broad SMARTS) is 1. The van der Waals surface area contributed by atoms with Crippen LogP contribution < -0.4 is 10.6 Å². The zero-order chi connectivity index (χ0) is 24.9. The second-order valence-corrected chi connectivity index (χ2v) is 9.89. The molecule has 0 atom stereocenters. The highest BCUT2D eigenvalue weighted by Gasteiger charge is 2.28. The molecule has 35 heavy (non-hydrogen) atoms. The summed E-state index contributed by atoms with van der Waals surface area (Å²) in [4.78, 5) is 37.6. The van der Waals surface area contributed by atoms with Crippen LogP contribution in [-0.2, 0) is 22.5 Å². The fraction of sp³-hybridized carbons (Fsp3) is 0.400. The lowest BCUT2D eigenvalue weighted by Crippen LogP contribution is -2.39. The van der Waals surface area contributed by atoms with Crippen LogP contribution in [0.1, 0.15) is 43.2 Å². The fourth-order valence-electron chi connectivity index (χ4n) is 4.62. The van der Waals surface area contributed by atoms with Crippen LogP contribution in [0, 0.1) is 5.92 Å². The topological polar surface area (TPSA) is 108 Å². The molecule has 186 valence electrons. The molecule has 3 N–H and O–H groups in total. The van der Waals surface area contributed by atoms with Gasteiger partial charge in [-0.15, -0.1) is 0 Å². The van der Waals surface area contributed by atoms with Gasteiger partial charge >= 0.3 is 18.1 Å². The molecule has 0 unspecified atom stereocenters. The van der Waals surface area contributed by atoms with Crippen LogP contribution in [0.5, 0.6) is 0 Å². The third-order valence-corrected chi connectivity index (χ3v) is 6.82. The Morgan fingerprint density at radius 3 is 2.31 bits per heavy atom. The molecule has 1 heterocycles. The summed E-state index contributed by atoms with van der Waals surface area (Å²) < 4.78 is 5.70. The molecular weight excluding hydrogens is 493 g/mol. The smallest absolute Gasteiger partial charge is 0.410 e. The van der Waals surface area contributed by atoms with Crippen LogP contribution in [0.25, 0.3) is 0 Å². The standard InChI is InChI=1S/C25H27Cl2N3O5/c26-18-11-19(27)13-21(12-18)29-24(33)28-20-4-3-17-14-30(8-7-16(17)10-20)25(34)35-22-5-1-15(2-6-22)9-23(31)32/h3-4,10-13,15,22H,1-2,5-9,14H2,(H,31,32)(H2,28,29,33). The monoisotopic (exact) mass is 519 g/mol. The van der Waals surface area contributed by atoms with Gasteiger partial charge in [-0.05, 0) is 79.5 Å². The summed E-state index contributed by atoms with van der Waals surface area (Å²) in [5, 5.41) is 15.3. The minimum atomic E-state index is -0.776. The number of aliphatic carboxylic acids is 1. The molecule has 2 aromatic carbocycles. The summed E-state index contributed by atoms with van der Waals surface area (Å²) in [6, 6.07) is 9.99. The predicted octanol–water partition coefficient (Wildman–Crippen LogP) is 6.17. The first-order valence-corrected chi connectivity index (χ1v) is 12.3. The Balaban J connectivity index is 1.28. The number of carbonyl (C=O) groups excluding carboxylic acids is 2. The molecule has 1 saturated carbocycles. The van der Waals surface area contributed by atoms with Crippen molar-refractivity contribution in [3.05, 3.63) is 57.6 Å². The number of rotatable bonds is 5. The van der Waals surface area contributed by atoms with Crippen molar-refractivity contribution < 1.29 is 24.2 Å². The molecule has 3 amide bonds. The molecule has 8 nitrogen and oxygen atoms in total. The highest BCUT2D eigenvalue weighted by molar-refractivity contribution is 6.35. The summed E-state index contributed by atoms with van der Waals surface area (Å²) >= 11 is 11.9. The summed E-state index contributed by atoms with van der Waals surface area (Å²) in [5.74, 6) is -0.611. The first-order valence-electron chi connectivity index (χ1n) is 11.6. The Kier molecular flexibility index (Phi) is 8.03. The minimum Gasteiger partial charge on any atom is -0.481 e. The van der Waals surface area contributed by atoms with Crippen molar-refractivity contribution >= 4 is 52.7 Å². The van der Waals surface area contributed by atoms with E-state index in [1.54, 1.807) is 29.2 Å².